The quantitative estimate of drug-likeness (QED) is 0.726. The zero-order valence-electron chi connectivity index (χ0n) is 7.14. The molecule has 14 heavy (non-hydrogen) atoms. The van der Waals surface area contributed by atoms with Crippen LogP contribution in [0.1, 0.15) is 6.42 Å². The number of nitrogens with one attached hydrogen (secondary N) is 1. The van der Waals surface area contributed by atoms with Gasteiger partial charge in [-0.05, 0) is 6.42 Å². The fraction of sp³-hybridized carbons (Fsp3) is 0.375. The van der Waals surface area contributed by atoms with Crippen molar-refractivity contribution < 1.29 is 19.2 Å². The van der Waals surface area contributed by atoms with E-state index in [1.807, 2.05) is 0 Å². The molecule has 0 saturated heterocycles. The molecule has 1 fully saturated rings. The van der Waals surface area contributed by atoms with Crippen LogP contribution in [0.3, 0.4) is 0 Å². The fourth-order valence-electron chi connectivity index (χ4n) is 1.26. The van der Waals surface area contributed by atoms with Crippen molar-refractivity contribution in [2.45, 2.75) is 6.42 Å². The molecule has 1 saturated carbocycles. The highest BCUT2D eigenvalue weighted by molar-refractivity contribution is 5.97. The Morgan fingerprint density at radius 2 is 2.36 bits per heavy atom. The van der Waals surface area contributed by atoms with Crippen molar-refractivity contribution in [3.8, 4) is 0 Å². The summed E-state index contributed by atoms with van der Waals surface area (Å²) in [5.74, 6) is -2.16. The monoisotopic (exact) mass is 196 g/mol. The van der Waals surface area contributed by atoms with E-state index in [4.69, 9.17) is 5.11 Å². The van der Waals surface area contributed by atoms with Crippen molar-refractivity contribution >= 4 is 17.6 Å². The second-order valence-corrected chi connectivity index (χ2v) is 3.19. The SMILES string of the molecule is O=C(O)C1CC1C(=O)Nc1cnoc1. The Bertz CT molecular complexity index is 359. The normalized spacial score (nSPS) is 24.3. The van der Waals surface area contributed by atoms with Gasteiger partial charge in [0.15, 0.2) is 0 Å². The molecular formula is C8H8N2O4. The maximum atomic E-state index is 11.3. The van der Waals surface area contributed by atoms with Crippen molar-refractivity contribution in [1.29, 1.82) is 0 Å². The number of rotatable bonds is 3. The predicted molar refractivity (Wildman–Crippen MR) is 44.4 cm³/mol. The molecular weight excluding hydrogens is 188 g/mol. The molecule has 0 bridgehead atoms. The summed E-state index contributed by atoms with van der Waals surface area (Å²) in [6, 6.07) is 0. The molecule has 2 atom stereocenters. The average Bonchev–Trinajstić information content (AvgIpc) is 2.80. The molecule has 2 N–H and O–H groups in total. The maximum absolute atomic E-state index is 11.3. The van der Waals surface area contributed by atoms with Gasteiger partial charge < -0.3 is 14.9 Å². The number of hydrogen-bond acceptors (Lipinski definition) is 4. The summed E-state index contributed by atoms with van der Waals surface area (Å²) in [5.41, 5.74) is 0.450. The highest BCUT2D eigenvalue weighted by Gasteiger charge is 2.48. The first-order chi connectivity index (χ1) is 6.68. The standard InChI is InChI=1S/C8H8N2O4/c11-7(5-1-6(5)8(12)13)10-4-2-9-14-3-4/h2-3,5-6H,1H2,(H,10,11)(H,12,13). The highest BCUT2D eigenvalue weighted by Crippen LogP contribution is 2.39. The van der Waals surface area contributed by atoms with Gasteiger partial charge in [-0.1, -0.05) is 5.16 Å². The van der Waals surface area contributed by atoms with Gasteiger partial charge in [0.1, 0.15) is 12.0 Å². The second-order valence-electron chi connectivity index (χ2n) is 3.19. The topological polar surface area (TPSA) is 92.4 Å². The number of amides is 1. The van der Waals surface area contributed by atoms with Crippen LogP contribution < -0.4 is 5.32 Å². The minimum Gasteiger partial charge on any atom is -0.481 e. The third kappa shape index (κ3) is 1.59. The zero-order valence-corrected chi connectivity index (χ0v) is 7.14. The first-order valence-electron chi connectivity index (χ1n) is 4.11. The molecule has 6 heteroatoms. The summed E-state index contributed by atoms with van der Waals surface area (Å²) >= 11 is 0. The van der Waals surface area contributed by atoms with E-state index in [1.54, 1.807) is 0 Å². The van der Waals surface area contributed by atoms with E-state index < -0.39 is 17.8 Å². The molecule has 1 heterocycles. The lowest BCUT2D eigenvalue weighted by molar-refractivity contribution is -0.139. The Morgan fingerprint density at radius 3 is 2.86 bits per heavy atom. The van der Waals surface area contributed by atoms with Gasteiger partial charge in [0.2, 0.25) is 5.91 Å². The molecule has 1 aliphatic rings. The third-order valence-electron chi connectivity index (χ3n) is 2.14. The molecule has 0 spiro atoms. The second kappa shape index (κ2) is 3.13. The van der Waals surface area contributed by atoms with Crippen LogP contribution in [0.2, 0.25) is 0 Å². The van der Waals surface area contributed by atoms with Crippen LogP contribution in [0.25, 0.3) is 0 Å². The molecule has 0 aromatic carbocycles. The molecule has 1 aliphatic carbocycles. The molecule has 1 aromatic heterocycles. The van der Waals surface area contributed by atoms with E-state index in [2.05, 4.69) is 15.0 Å². The smallest absolute Gasteiger partial charge is 0.307 e. The number of aromatic nitrogens is 1. The van der Waals surface area contributed by atoms with E-state index in [0.29, 0.717) is 12.1 Å². The first-order valence-corrected chi connectivity index (χ1v) is 4.11. The number of anilines is 1. The Kier molecular flexibility index (Phi) is 1.95. The fourth-order valence-corrected chi connectivity index (χ4v) is 1.26. The van der Waals surface area contributed by atoms with Crippen LogP contribution in [0.5, 0.6) is 0 Å². The van der Waals surface area contributed by atoms with E-state index in [0.717, 1.165) is 0 Å². The Labute approximate surface area is 78.9 Å². The van der Waals surface area contributed by atoms with Gasteiger partial charge >= 0.3 is 5.97 Å². The Morgan fingerprint density at radius 1 is 1.57 bits per heavy atom. The number of carbonyl (C=O) groups excluding carboxylic acids is 1. The Balaban J connectivity index is 1.90. The molecule has 74 valence electrons. The number of nitrogens with zero attached hydrogens (tertiary/aromatic N) is 1. The first kappa shape index (κ1) is 8.74. The number of carboxylic acid groups (broad SMARTS) is 1. The molecule has 0 aliphatic heterocycles. The van der Waals surface area contributed by atoms with Crippen LogP contribution in [0.15, 0.2) is 17.0 Å². The van der Waals surface area contributed by atoms with Crippen LogP contribution >= 0.6 is 0 Å². The van der Waals surface area contributed by atoms with Gasteiger partial charge in [0.25, 0.3) is 0 Å². The zero-order chi connectivity index (χ0) is 10.1. The average molecular weight is 196 g/mol. The van der Waals surface area contributed by atoms with Crippen LogP contribution in [0.4, 0.5) is 5.69 Å². The van der Waals surface area contributed by atoms with Crippen LogP contribution in [-0.4, -0.2) is 22.1 Å². The van der Waals surface area contributed by atoms with Crippen molar-refractivity contribution in [2.24, 2.45) is 11.8 Å². The lowest BCUT2D eigenvalue weighted by Crippen LogP contribution is -2.16. The summed E-state index contributed by atoms with van der Waals surface area (Å²) < 4.78 is 4.51. The highest BCUT2D eigenvalue weighted by atomic mass is 16.5. The molecule has 2 rings (SSSR count). The maximum Gasteiger partial charge on any atom is 0.307 e. The Hall–Kier alpha value is -1.85. The van der Waals surface area contributed by atoms with Crippen molar-refractivity contribution in [2.75, 3.05) is 5.32 Å². The summed E-state index contributed by atoms with van der Waals surface area (Å²) in [7, 11) is 0. The van der Waals surface area contributed by atoms with Crippen molar-refractivity contribution in [3.63, 3.8) is 0 Å². The molecule has 2 unspecified atom stereocenters. The number of aliphatic carboxylic acids is 1. The van der Waals surface area contributed by atoms with E-state index in [9.17, 15) is 9.59 Å². The van der Waals surface area contributed by atoms with E-state index >= 15 is 0 Å². The van der Waals surface area contributed by atoms with Gasteiger partial charge in [0, 0.05) is 0 Å². The van der Waals surface area contributed by atoms with Crippen molar-refractivity contribution in [1.82, 2.24) is 5.16 Å². The lowest BCUT2D eigenvalue weighted by atomic mass is 10.3. The summed E-state index contributed by atoms with van der Waals surface area (Å²) in [4.78, 5) is 21.8. The molecule has 6 nitrogen and oxygen atoms in total. The van der Waals surface area contributed by atoms with E-state index in [-0.39, 0.29) is 5.91 Å². The number of hydrogen-bond donors (Lipinski definition) is 2. The molecule has 0 radical (unpaired) electrons. The van der Waals surface area contributed by atoms with Crippen LogP contribution in [-0.2, 0) is 9.59 Å². The van der Waals surface area contributed by atoms with Gasteiger partial charge in [-0.3, -0.25) is 9.59 Å². The molecule has 1 aromatic rings. The lowest BCUT2D eigenvalue weighted by Gasteiger charge is -1.98. The largest absolute Gasteiger partial charge is 0.481 e. The van der Waals surface area contributed by atoms with Gasteiger partial charge in [-0.2, -0.15) is 0 Å². The van der Waals surface area contributed by atoms with Gasteiger partial charge in [0.05, 0.1) is 18.0 Å². The third-order valence-corrected chi connectivity index (χ3v) is 2.14. The van der Waals surface area contributed by atoms with E-state index in [1.165, 1.54) is 12.5 Å². The minimum absolute atomic E-state index is 0.291. The number of carboxylic acids is 1. The van der Waals surface area contributed by atoms with Gasteiger partial charge in [-0.15, -0.1) is 0 Å². The number of carbonyl (C=O) groups is 2. The summed E-state index contributed by atoms with van der Waals surface area (Å²) in [5, 5.41) is 14.5. The predicted octanol–water partition coefficient (Wildman–Crippen LogP) is 0.334. The molecule has 1 amide bonds. The van der Waals surface area contributed by atoms with Crippen LogP contribution in [0, 0.1) is 11.8 Å². The van der Waals surface area contributed by atoms with Gasteiger partial charge in [-0.25, -0.2) is 0 Å². The summed E-state index contributed by atoms with van der Waals surface area (Å²) in [6.07, 6.45) is 3.05. The minimum atomic E-state index is -0.921. The summed E-state index contributed by atoms with van der Waals surface area (Å²) in [6.45, 7) is 0. The van der Waals surface area contributed by atoms with Crippen molar-refractivity contribution in [3.05, 3.63) is 12.5 Å².